The molecule has 2 aromatic carbocycles. The van der Waals surface area contributed by atoms with Gasteiger partial charge in [-0.1, -0.05) is 55.2 Å². The van der Waals surface area contributed by atoms with Crippen LogP contribution in [0.2, 0.25) is 0 Å². The Hall–Kier alpha value is -2.10. The number of hydrogen-bond donors (Lipinski definition) is 2. The van der Waals surface area contributed by atoms with Gasteiger partial charge in [-0.2, -0.15) is 0 Å². The van der Waals surface area contributed by atoms with E-state index in [1.54, 1.807) is 0 Å². The Balaban J connectivity index is 1.38. The quantitative estimate of drug-likeness (QED) is 0.432. The van der Waals surface area contributed by atoms with Gasteiger partial charge in [-0.05, 0) is 93.2 Å². The van der Waals surface area contributed by atoms with Crippen LogP contribution in [0.4, 0.5) is 0 Å². The van der Waals surface area contributed by atoms with Crippen LogP contribution in [0.1, 0.15) is 68.9 Å². The first-order valence-electron chi connectivity index (χ1n) is 13.3. The Morgan fingerprint density at radius 2 is 1.70 bits per heavy atom. The Kier molecular flexibility index (Phi) is 7.18. The summed E-state index contributed by atoms with van der Waals surface area (Å²) in [6, 6.07) is 17.1. The van der Waals surface area contributed by atoms with Crippen molar-refractivity contribution in [3.8, 4) is 11.1 Å². The van der Waals surface area contributed by atoms with Crippen LogP contribution in [0, 0.1) is 12.8 Å². The van der Waals surface area contributed by atoms with E-state index < -0.39 is 0 Å². The van der Waals surface area contributed by atoms with Crippen LogP contribution < -0.4 is 11.1 Å². The van der Waals surface area contributed by atoms with E-state index in [0.29, 0.717) is 12.1 Å². The van der Waals surface area contributed by atoms with Gasteiger partial charge in [0, 0.05) is 35.7 Å². The summed E-state index contributed by atoms with van der Waals surface area (Å²) in [5.74, 6) is 0.836. The van der Waals surface area contributed by atoms with Crippen LogP contribution in [0.5, 0.6) is 0 Å². The first kappa shape index (κ1) is 22.7. The molecule has 3 nitrogen and oxygen atoms in total. The molecule has 2 aliphatic carbocycles. The molecule has 2 aliphatic rings. The lowest BCUT2D eigenvalue weighted by Crippen LogP contribution is -2.38. The van der Waals surface area contributed by atoms with Crippen molar-refractivity contribution in [1.29, 1.82) is 0 Å². The highest BCUT2D eigenvalue weighted by atomic mass is 15.0. The molecule has 0 amide bonds. The van der Waals surface area contributed by atoms with Gasteiger partial charge in [0.15, 0.2) is 0 Å². The minimum absolute atomic E-state index is 0.417. The number of nitrogens with two attached hydrogens (primary N) is 1. The Bertz CT molecular complexity index is 1050. The zero-order valence-corrected chi connectivity index (χ0v) is 20.4. The lowest BCUT2D eigenvalue weighted by molar-refractivity contribution is 0.322. The van der Waals surface area contributed by atoms with E-state index in [4.69, 9.17) is 5.73 Å². The lowest BCUT2D eigenvalue weighted by Gasteiger charge is -2.26. The van der Waals surface area contributed by atoms with Crippen LogP contribution in [-0.2, 0) is 13.0 Å². The molecule has 0 bridgehead atoms. The summed E-state index contributed by atoms with van der Waals surface area (Å²) in [5.41, 5.74) is 13.0. The highest BCUT2D eigenvalue weighted by molar-refractivity contribution is 5.88. The van der Waals surface area contributed by atoms with Crippen LogP contribution in [0.25, 0.3) is 22.0 Å². The van der Waals surface area contributed by atoms with Crippen molar-refractivity contribution in [1.82, 2.24) is 9.88 Å². The highest BCUT2D eigenvalue weighted by Gasteiger charge is 2.19. The molecule has 2 saturated carbocycles. The number of rotatable bonds is 7. The number of nitrogens with one attached hydrogen (secondary N) is 1. The van der Waals surface area contributed by atoms with E-state index in [0.717, 1.165) is 31.7 Å². The average molecular weight is 444 g/mol. The van der Waals surface area contributed by atoms with Crippen molar-refractivity contribution >= 4 is 10.9 Å². The number of aryl methyl sites for hydroxylation is 1. The zero-order chi connectivity index (χ0) is 22.6. The molecule has 0 atom stereocenters. The van der Waals surface area contributed by atoms with Crippen molar-refractivity contribution in [3.63, 3.8) is 0 Å². The maximum Gasteiger partial charge on any atom is 0.0483 e. The van der Waals surface area contributed by atoms with E-state index in [2.05, 4.69) is 65.5 Å². The minimum atomic E-state index is 0.417. The maximum absolute atomic E-state index is 6.10. The summed E-state index contributed by atoms with van der Waals surface area (Å²) in [7, 11) is 0. The van der Waals surface area contributed by atoms with Gasteiger partial charge < -0.3 is 15.6 Å². The molecule has 5 rings (SSSR count). The second-order valence-corrected chi connectivity index (χ2v) is 10.7. The molecule has 0 radical (unpaired) electrons. The van der Waals surface area contributed by atoms with Crippen LogP contribution in [0.15, 0.2) is 48.7 Å². The molecule has 176 valence electrons. The van der Waals surface area contributed by atoms with Gasteiger partial charge in [-0.3, -0.25) is 0 Å². The van der Waals surface area contributed by atoms with Crippen molar-refractivity contribution in [2.75, 3.05) is 6.54 Å². The summed E-state index contributed by atoms with van der Waals surface area (Å²) in [4.78, 5) is 0. The molecule has 3 heteroatoms. The van der Waals surface area contributed by atoms with Crippen molar-refractivity contribution < 1.29 is 0 Å². The van der Waals surface area contributed by atoms with Crippen LogP contribution >= 0.6 is 0 Å². The van der Waals surface area contributed by atoms with Crippen molar-refractivity contribution in [2.45, 2.75) is 89.8 Å². The van der Waals surface area contributed by atoms with Gasteiger partial charge in [0.25, 0.3) is 0 Å². The summed E-state index contributed by atoms with van der Waals surface area (Å²) in [5, 5.41) is 5.28. The smallest absolute Gasteiger partial charge is 0.0483 e. The fraction of sp³-hybridized carbons (Fsp3) is 0.533. The molecule has 33 heavy (non-hydrogen) atoms. The Morgan fingerprint density at radius 3 is 2.48 bits per heavy atom. The molecule has 0 saturated heterocycles. The number of benzene rings is 2. The normalized spacial score (nSPS) is 22.1. The SMILES string of the molecule is Cc1cccc(-c2ccc3c(c2)c(CCN[C@H]2CC[C@H](N)CC2)cn3CC2CCCCC2)c1. The molecule has 1 heterocycles. The zero-order valence-electron chi connectivity index (χ0n) is 20.4. The third-order valence-electron chi connectivity index (χ3n) is 8.09. The number of hydrogen-bond acceptors (Lipinski definition) is 2. The van der Waals surface area contributed by atoms with Crippen molar-refractivity contribution in [3.05, 3.63) is 59.8 Å². The summed E-state index contributed by atoms with van der Waals surface area (Å²) < 4.78 is 2.57. The first-order valence-corrected chi connectivity index (χ1v) is 13.3. The Labute approximate surface area is 199 Å². The molecule has 0 aliphatic heterocycles. The molecule has 3 N–H and O–H groups in total. The molecular weight excluding hydrogens is 402 g/mol. The number of aromatic nitrogens is 1. The van der Waals surface area contributed by atoms with E-state index >= 15 is 0 Å². The molecular formula is C30H41N3. The number of fused-ring (bicyclic) bond motifs is 1. The standard InChI is InChI=1S/C30H41N3/c1-22-6-5-9-24(18-22)25-10-15-30-29(19-25)26(16-17-32-28-13-11-27(31)12-14-28)21-33(30)20-23-7-3-2-4-8-23/h5-6,9-10,15,18-19,21,23,27-28,32H,2-4,7-8,11-14,16-17,20,31H2,1H3/t27-,28-. The first-order chi connectivity index (χ1) is 16.2. The maximum atomic E-state index is 6.10. The molecule has 3 aromatic rings. The van der Waals surface area contributed by atoms with E-state index in [-0.39, 0.29) is 0 Å². The van der Waals surface area contributed by atoms with E-state index in [1.165, 1.54) is 84.6 Å². The van der Waals surface area contributed by atoms with E-state index in [9.17, 15) is 0 Å². The van der Waals surface area contributed by atoms with Gasteiger partial charge in [0.1, 0.15) is 0 Å². The van der Waals surface area contributed by atoms with Gasteiger partial charge in [-0.15, -0.1) is 0 Å². The fourth-order valence-electron chi connectivity index (χ4n) is 6.11. The van der Waals surface area contributed by atoms with Crippen molar-refractivity contribution in [2.24, 2.45) is 11.7 Å². The van der Waals surface area contributed by atoms with Crippen LogP contribution in [-0.4, -0.2) is 23.2 Å². The number of nitrogens with zero attached hydrogens (tertiary/aromatic N) is 1. The predicted molar refractivity (Wildman–Crippen MR) is 141 cm³/mol. The molecule has 2 fully saturated rings. The third kappa shape index (κ3) is 5.53. The van der Waals surface area contributed by atoms with Gasteiger partial charge in [0.05, 0.1) is 0 Å². The molecule has 1 aromatic heterocycles. The molecule has 0 spiro atoms. The topological polar surface area (TPSA) is 43.0 Å². The monoisotopic (exact) mass is 443 g/mol. The largest absolute Gasteiger partial charge is 0.347 e. The highest BCUT2D eigenvalue weighted by Crippen LogP contribution is 2.32. The fourth-order valence-corrected chi connectivity index (χ4v) is 6.11. The van der Waals surface area contributed by atoms with Crippen LogP contribution in [0.3, 0.4) is 0 Å². The average Bonchev–Trinajstić information content (AvgIpc) is 3.17. The minimum Gasteiger partial charge on any atom is -0.347 e. The van der Waals surface area contributed by atoms with Gasteiger partial charge >= 0.3 is 0 Å². The third-order valence-corrected chi connectivity index (χ3v) is 8.09. The van der Waals surface area contributed by atoms with E-state index in [1.807, 2.05) is 0 Å². The molecule has 0 unspecified atom stereocenters. The summed E-state index contributed by atoms with van der Waals surface area (Å²) >= 11 is 0. The summed E-state index contributed by atoms with van der Waals surface area (Å²) in [6.07, 6.45) is 15.4. The van der Waals surface area contributed by atoms with Gasteiger partial charge in [0.2, 0.25) is 0 Å². The predicted octanol–water partition coefficient (Wildman–Crippen LogP) is 6.60. The second kappa shape index (κ2) is 10.4. The lowest BCUT2D eigenvalue weighted by atomic mass is 9.89. The second-order valence-electron chi connectivity index (χ2n) is 10.7. The Morgan fingerprint density at radius 1 is 0.909 bits per heavy atom. The van der Waals surface area contributed by atoms with Gasteiger partial charge in [-0.25, -0.2) is 0 Å². The summed E-state index contributed by atoms with van der Waals surface area (Å²) in [6.45, 7) is 4.41.